The summed E-state index contributed by atoms with van der Waals surface area (Å²) in [5, 5.41) is 0.877. The Kier molecular flexibility index (Phi) is 5.74. The van der Waals surface area contributed by atoms with Crippen LogP contribution < -0.4 is 5.73 Å². The van der Waals surface area contributed by atoms with Gasteiger partial charge < -0.3 is 15.5 Å². The number of hydrogen-bond acceptors (Lipinski definition) is 5. The van der Waals surface area contributed by atoms with Crippen LogP contribution in [0.4, 0.5) is 5.69 Å². The zero-order valence-corrected chi connectivity index (χ0v) is 19.3. The van der Waals surface area contributed by atoms with Gasteiger partial charge in [-0.15, -0.1) is 11.3 Å². The average Bonchev–Trinajstić information content (AvgIpc) is 3.26. The molecule has 8 heteroatoms. The van der Waals surface area contributed by atoms with Crippen LogP contribution in [-0.2, 0) is 22.7 Å². The molecule has 2 aromatic heterocycles. The zero-order chi connectivity index (χ0) is 22.9. The van der Waals surface area contributed by atoms with Crippen molar-refractivity contribution >= 4 is 51.3 Å². The van der Waals surface area contributed by atoms with Crippen LogP contribution in [0.25, 0.3) is 21.3 Å². The first-order valence-electron chi connectivity index (χ1n) is 10.5. The maximum Gasteiger partial charge on any atom is 0.312 e. The lowest BCUT2D eigenvalue weighted by Crippen LogP contribution is -2.53. The molecule has 1 saturated heterocycles. The predicted octanol–water partition coefficient (Wildman–Crippen LogP) is 4.57. The molecule has 5 rings (SSSR count). The summed E-state index contributed by atoms with van der Waals surface area (Å²) < 4.78 is 0.750. The molecule has 2 N–H and O–H groups in total. The Hall–Kier alpha value is -3.42. The highest BCUT2D eigenvalue weighted by Gasteiger charge is 2.32. The van der Waals surface area contributed by atoms with Crippen LogP contribution in [0.1, 0.15) is 11.1 Å². The normalized spacial score (nSPS) is 14.3. The monoisotopic (exact) mass is 476 g/mol. The first-order valence-corrected chi connectivity index (χ1v) is 11.7. The number of benzene rings is 2. The van der Waals surface area contributed by atoms with E-state index in [0.29, 0.717) is 31.9 Å². The Morgan fingerprint density at radius 2 is 1.55 bits per heavy atom. The maximum absolute atomic E-state index is 12.8. The number of nitrogens with two attached hydrogens (primary N) is 1. The molecule has 1 aliphatic heterocycles. The number of amides is 2. The molecule has 166 valence electrons. The fraction of sp³-hybridized carbons (Fsp3) is 0.160. The molecule has 1 aliphatic rings. The minimum absolute atomic E-state index is 0.364. The second-order valence-electron chi connectivity index (χ2n) is 8.01. The number of anilines is 1. The van der Waals surface area contributed by atoms with Crippen LogP contribution in [0.5, 0.6) is 0 Å². The van der Waals surface area contributed by atoms with Gasteiger partial charge in [-0.3, -0.25) is 14.6 Å². The number of carbonyl (C=O) groups is 2. The van der Waals surface area contributed by atoms with E-state index in [4.69, 9.17) is 17.3 Å². The number of carbonyl (C=O) groups excluding carboxylic acids is 2. The molecular formula is C25H21ClN4O2S. The highest BCUT2D eigenvalue weighted by Crippen LogP contribution is 2.31. The zero-order valence-electron chi connectivity index (χ0n) is 17.7. The van der Waals surface area contributed by atoms with Crippen molar-refractivity contribution in [1.29, 1.82) is 0 Å². The van der Waals surface area contributed by atoms with Crippen molar-refractivity contribution in [1.82, 2.24) is 14.8 Å². The standard InChI is InChI=1S/C25H21ClN4O2S/c26-23-8-7-22(33-23)18-4-1-16(2-5-18)14-29-11-12-30(25(32)24(29)31)15-17-3-6-19-20(27)9-10-28-21(19)13-17/h1-10,13H,11-12,14-15H2,(H2,27,28). The fourth-order valence-electron chi connectivity index (χ4n) is 4.02. The second kappa shape index (κ2) is 8.84. The Bertz CT molecular complexity index is 1350. The Labute approximate surface area is 200 Å². The molecule has 4 aromatic rings. The van der Waals surface area contributed by atoms with Gasteiger partial charge >= 0.3 is 11.8 Å². The molecule has 0 spiro atoms. The fourth-order valence-corrected chi connectivity index (χ4v) is 5.06. The van der Waals surface area contributed by atoms with E-state index in [1.165, 1.54) is 11.3 Å². The van der Waals surface area contributed by atoms with Crippen LogP contribution in [0.15, 0.2) is 66.9 Å². The van der Waals surface area contributed by atoms with Gasteiger partial charge in [0.25, 0.3) is 0 Å². The van der Waals surface area contributed by atoms with Crippen molar-refractivity contribution in [2.24, 2.45) is 0 Å². The number of halogens is 1. The van der Waals surface area contributed by atoms with Crippen molar-refractivity contribution < 1.29 is 9.59 Å². The quantitative estimate of drug-likeness (QED) is 0.428. The van der Waals surface area contributed by atoms with E-state index in [2.05, 4.69) is 4.98 Å². The minimum atomic E-state index is -0.480. The van der Waals surface area contributed by atoms with Gasteiger partial charge in [-0.1, -0.05) is 48.0 Å². The Morgan fingerprint density at radius 1 is 0.879 bits per heavy atom. The van der Waals surface area contributed by atoms with Crippen molar-refractivity contribution in [2.45, 2.75) is 13.1 Å². The van der Waals surface area contributed by atoms with E-state index >= 15 is 0 Å². The number of hydrogen-bond donors (Lipinski definition) is 1. The molecule has 0 saturated carbocycles. The maximum atomic E-state index is 12.8. The second-order valence-corrected chi connectivity index (χ2v) is 9.72. The third-order valence-corrected chi connectivity index (χ3v) is 7.08. The molecule has 2 aromatic carbocycles. The van der Waals surface area contributed by atoms with Crippen LogP contribution in [0.3, 0.4) is 0 Å². The number of fused-ring (bicyclic) bond motifs is 1. The molecule has 0 unspecified atom stereocenters. The third-order valence-electron chi connectivity index (χ3n) is 5.80. The van der Waals surface area contributed by atoms with Crippen molar-refractivity contribution in [3.63, 3.8) is 0 Å². The average molecular weight is 477 g/mol. The predicted molar refractivity (Wildman–Crippen MR) is 132 cm³/mol. The Morgan fingerprint density at radius 3 is 2.21 bits per heavy atom. The Balaban J connectivity index is 1.24. The highest BCUT2D eigenvalue weighted by atomic mass is 35.5. The number of thiophene rings is 1. The van der Waals surface area contributed by atoms with Gasteiger partial charge in [-0.05, 0) is 41.0 Å². The molecule has 33 heavy (non-hydrogen) atoms. The first kappa shape index (κ1) is 21.4. The van der Waals surface area contributed by atoms with E-state index in [-0.39, 0.29) is 0 Å². The summed E-state index contributed by atoms with van der Waals surface area (Å²) in [6.07, 6.45) is 1.66. The molecular weight excluding hydrogens is 456 g/mol. The highest BCUT2D eigenvalue weighted by molar-refractivity contribution is 7.19. The number of piperazine rings is 1. The van der Waals surface area contributed by atoms with Crippen LogP contribution in [0.2, 0.25) is 4.34 Å². The smallest absolute Gasteiger partial charge is 0.312 e. The van der Waals surface area contributed by atoms with Gasteiger partial charge in [-0.25, -0.2) is 0 Å². The number of rotatable bonds is 5. The van der Waals surface area contributed by atoms with Crippen LogP contribution >= 0.6 is 22.9 Å². The summed E-state index contributed by atoms with van der Waals surface area (Å²) in [6.45, 7) is 1.75. The molecule has 6 nitrogen and oxygen atoms in total. The lowest BCUT2D eigenvalue weighted by molar-refractivity contribution is -0.156. The summed E-state index contributed by atoms with van der Waals surface area (Å²) in [5.74, 6) is -0.953. The molecule has 1 fully saturated rings. The van der Waals surface area contributed by atoms with Crippen molar-refractivity contribution in [3.05, 3.63) is 82.3 Å². The van der Waals surface area contributed by atoms with Gasteiger partial charge in [0.2, 0.25) is 0 Å². The number of nitrogen functional groups attached to an aromatic ring is 1. The third kappa shape index (κ3) is 4.42. The number of nitrogens with zero attached hydrogens (tertiary/aromatic N) is 3. The summed E-state index contributed by atoms with van der Waals surface area (Å²) in [6, 6.07) is 19.4. The van der Waals surface area contributed by atoms with Gasteiger partial charge in [0, 0.05) is 48.3 Å². The van der Waals surface area contributed by atoms with Gasteiger partial charge in [0.1, 0.15) is 0 Å². The topological polar surface area (TPSA) is 79.5 Å². The van der Waals surface area contributed by atoms with Crippen molar-refractivity contribution in [3.8, 4) is 10.4 Å². The summed E-state index contributed by atoms with van der Waals surface area (Å²) >= 11 is 7.55. The van der Waals surface area contributed by atoms with Gasteiger partial charge in [0.05, 0.1) is 9.85 Å². The van der Waals surface area contributed by atoms with Crippen molar-refractivity contribution in [2.75, 3.05) is 18.8 Å². The molecule has 2 amide bonds. The van der Waals surface area contributed by atoms with Gasteiger partial charge in [-0.2, -0.15) is 0 Å². The summed E-state index contributed by atoms with van der Waals surface area (Å²) in [4.78, 5) is 34.2. The number of aromatic nitrogens is 1. The molecule has 0 aliphatic carbocycles. The minimum Gasteiger partial charge on any atom is -0.398 e. The van der Waals surface area contributed by atoms with Crippen LogP contribution in [0, 0.1) is 0 Å². The SMILES string of the molecule is Nc1ccnc2cc(CN3CCN(Cc4ccc(-c5ccc(Cl)s5)cc4)C(=O)C3=O)ccc12. The van der Waals surface area contributed by atoms with E-state index in [1.54, 1.807) is 22.1 Å². The number of pyridine rings is 1. The molecule has 0 radical (unpaired) electrons. The summed E-state index contributed by atoms with van der Waals surface area (Å²) in [5.41, 5.74) is 10.4. The lowest BCUT2D eigenvalue weighted by Gasteiger charge is -2.34. The van der Waals surface area contributed by atoms with E-state index in [9.17, 15) is 9.59 Å². The largest absolute Gasteiger partial charge is 0.398 e. The van der Waals surface area contributed by atoms with Crippen LogP contribution in [-0.4, -0.2) is 39.7 Å². The lowest BCUT2D eigenvalue weighted by atomic mass is 10.1. The molecule has 3 heterocycles. The van der Waals surface area contributed by atoms with E-state index in [1.807, 2.05) is 54.6 Å². The van der Waals surface area contributed by atoms with E-state index in [0.717, 1.165) is 36.8 Å². The van der Waals surface area contributed by atoms with Gasteiger partial charge in [0.15, 0.2) is 0 Å². The first-order chi connectivity index (χ1) is 16.0. The molecule has 0 bridgehead atoms. The molecule has 0 atom stereocenters. The van der Waals surface area contributed by atoms with E-state index < -0.39 is 11.8 Å². The summed E-state index contributed by atoms with van der Waals surface area (Å²) in [7, 11) is 0.